The van der Waals surface area contributed by atoms with Gasteiger partial charge in [-0.2, -0.15) is 5.26 Å². The first-order valence-electron chi connectivity index (χ1n) is 6.87. The minimum atomic E-state index is -3.98. The molecule has 1 aromatic carbocycles. The third kappa shape index (κ3) is 3.04. The van der Waals surface area contributed by atoms with Crippen molar-refractivity contribution in [1.29, 1.82) is 5.26 Å². The monoisotopic (exact) mass is 361 g/mol. The summed E-state index contributed by atoms with van der Waals surface area (Å²) in [5.41, 5.74) is 0.435. The van der Waals surface area contributed by atoms with Crippen LogP contribution in [-0.2, 0) is 10.0 Å². The first-order valence-corrected chi connectivity index (χ1v) is 9.17. The molecule has 2 N–H and O–H groups in total. The number of hydrogen-bond acceptors (Lipinski definition) is 4. The SMILES string of the molecule is Cc1ccc(-c2c[nH]cc2S(=O)(=O)Nc2ccc(C#N)cc2F)s1. The smallest absolute Gasteiger partial charge is 0.264 e. The lowest BCUT2D eigenvalue weighted by molar-refractivity contribution is 0.599. The first-order chi connectivity index (χ1) is 11.4. The minimum absolute atomic E-state index is 0.0353. The van der Waals surface area contributed by atoms with Crippen LogP contribution in [-0.4, -0.2) is 13.4 Å². The zero-order valence-corrected chi connectivity index (χ0v) is 14.1. The Morgan fingerprint density at radius 1 is 1.25 bits per heavy atom. The van der Waals surface area contributed by atoms with Crippen LogP contribution in [0.25, 0.3) is 10.4 Å². The number of nitrogens with zero attached hydrogens (tertiary/aromatic N) is 1. The maximum absolute atomic E-state index is 14.0. The lowest BCUT2D eigenvalue weighted by Gasteiger charge is -2.09. The number of halogens is 1. The number of H-pyrrole nitrogens is 1. The Balaban J connectivity index is 1.98. The average Bonchev–Trinajstić information content (AvgIpc) is 3.18. The maximum Gasteiger partial charge on any atom is 0.264 e. The number of aromatic nitrogens is 1. The first kappa shape index (κ1) is 16.2. The number of benzene rings is 1. The number of hydrogen-bond donors (Lipinski definition) is 2. The molecule has 0 saturated carbocycles. The van der Waals surface area contributed by atoms with E-state index >= 15 is 0 Å². The summed E-state index contributed by atoms with van der Waals surface area (Å²) in [5.74, 6) is -0.804. The molecule has 0 amide bonds. The van der Waals surface area contributed by atoms with E-state index in [0.29, 0.717) is 5.56 Å². The fourth-order valence-electron chi connectivity index (χ4n) is 2.21. The van der Waals surface area contributed by atoms with Crippen LogP contribution in [0, 0.1) is 24.1 Å². The molecule has 0 aliphatic carbocycles. The van der Waals surface area contributed by atoms with Crippen molar-refractivity contribution in [2.75, 3.05) is 4.72 Å². The standard InChI is InChI=1S/C16H12FN3O2S2/c1-10-2-5-15(23-10)12-8-19-9-16(12)24(21,22)20-14-4-3-11(7-18)6-13(14)17/h2-6,8-9,19-20H,1H3. The predicted molar refractivity (Wildman–Crippen MR) is 90.8 cm³/mol. The van der Waals surface area contributed by atoms with E-state index in [-0.39, 0.29) is 16.1 Å². The van der Waals surface area contributed by atoms with Crippen molar-refractivity contribution in [3.63, 3.8) is 0 Å². The van der Waals surface area contributed by atoms with E-state index in [0.717, 1.165) is 15.8 Å². The number of thiophene rings is 1. The fraction of sp³-hybridized carbons (Fsp3) is 0.0625. The summed E-state index contributed by atoms with van der Waals surface area (Å²) >= 11 is 1.47. The second-order valence-corrected chi connectivity index (χ2v) is 7.99. The van der Waals surface area contributed by atoms with Crippen molar-refractivity contribution in [2.45, 2.75) is 11.8 Å². The summed E-state index contributed by atoms with van der Waals surface area (Å²) in [5, 5.41) is 8.74. The molecule has 2 aromatic heterocycles. The van der Waals surface area contributed by atoms with Gasteiger partial charge in [0, 0.05) is 27.7 Å². The van der Waals surface area contributed by atoms with Crippen molar-refractivity contribution in [3.8, 4) is 16.5 Å². The summed E-state index contributed by atoms with van der Waals surface area (Å²) in [6.07, 6.45) is 2.95. The van der Waals surface area contributed by atoms with Gasteiger partial charge in [0.1, 0.15) is 10.7 Å². The van der Waals surface area contributed by atoms with Crippen LogP contribution in [0.3, 0.4) is 0 Å². The van der Waals surface area contributed by atoms with Crippen molar-refractivity contribution >= 4 is 27.0 Å². The number of nitrogens with one attached hydrogen (secondary N) is 2. The number of nitriles is 1. The molecule has 2 heterocycles. The van der Waals surface area contributed by atoms with Crippen LogP contribution in [0.1, 0.15) is 10.4 Å². The Labute approximate surface area is 142 Å². The molecule has 0 radical (unpaired) electrons. The molecule has 0 bridgehead atoms. The van der Waals surface area contributed by atoms with Crippen LogP contribution >= 0.6 is 11.3 Å². The predicted octanol–water partition coefficient (Wildman–Crippen LogP) is 3.86. The second kappa shape index (κ2) is 6.11. The molecule has 3 rings (SSSR count). The second-order valence-electron chi connectivity index (χ2n) is 5.06. The third-order valence-electron chi connectivity index (χ3n) is 3.35. The topological polar surface area (TPSA) is 85.8 Å². The van der Waals surface area contributed by atoms with Gasteiger partial charge in [-0.05, 0) is 37.3 Å². The largest absolute Gasteiger partial charge is 0.366 e. The molecule has 122 valence electrons. The summed E-state index contributed by atoms with van der Waals surface area (Å²) in [4.78, 5) is 4.67. The highest BCUT2D eigenvalue weighted by molar-refractivity contribution is 7.92. The molecule has 0 spiro atoms. The van der Waals surface area contributed by atoms with E-state index in [1.165, 1.54) is 29.7 Å². The number of rotatable bonds is 4. The van der Waals surface area contributed by atoms with Crippen molar-refractivity contribution < 1.29 is 12.8 Å². The summed E-state index contributed by atoms with van der Waals surface area (Å²) in [6.45, 7) is 1.93. The summed E-state index contributed by atoms with van der Waals surface area (Å²) in [7, 11) is -3.98. The molecule has 0 atom stereocenters. The van der Waals surface area contributed by atoms with Crippen molar-refractivity contribution in [2.24, 2.45) is 0 Å². The van der Waals surface area contributed by atoms with Crippen molar-refractivity contribution in [1.82, 2.24) is 4.98 Å². The Hall–Kier alpha value is -2.63. The molecule has 5 nitrogen and oxygen atoms in total. The molecule has 0 aliphatic rings. The van der Waals surface area contributed by atoms with E-state index in [1.54, 1.807) is 12.3 Å². The van der Waals surface area contributed by atoms with Gasteiger partial charge in [-0.1, -0.05) is 0 Å². The van der Waals surface area contributed by atoms with Gasteiger partial charge in [-0.25, -0.2) is 12.8 Å². The van der Waals surface area contributed by atoms with Gasteiger partial charge in [-0.15, -0.1) is 11.3 Å². The Kier molecular flexibility index (Phi) is 4.13. The average molecular weight is 361 g/mol. The van der Waals surface area contributed by atoms with Gasteiger partial charge in [0.25, 0.3) is 10.0 Å². The van der Waals surface area contributed by atoms with E-state index in [4.69, 9.17) is 5.26 Å². The quantitative estimate of drug-likeness (QED) is 0.740. The molecule has 0 unspecified atom stereocenters. The van der Waals surface area contributed by atoms with Crippen LogP contribution in [0.2, 0.25) is 0 Å². The van der Waals surface area contributed by atoms with Crippen LogP contribution in [0.4, 0.5) is 10.1 Å². The molecule has 24 heavy (non-hydrogen) atoms. The summed E-state index contributed by atoms with van der Waals surface area (Å²) < 4.78 is 41.4. The van der Waals surface area contributed by atoms with Gasteiger partial charge in [0.05, 0.1) is 17.3 Å². The number of aromatic amines is 1. The van der Waals surface area contributed by atoms with Gasteiger partial charge >= 0.3 is 0 Å². The molecule has 0 aliphatic heterocycles. The Morgan fingerprint density at radius 2 is 2.04 bits per heavy atom. The van der Waals surface area contributed by atoms with E-state index in [9.17, 15) is 12.8 Å². The third-order valence-corrected chi connectivity index (χ3v) is 5.78. The maximum atomic E-state index is 14.0. The molecule has 0 saturated heterocycles. The van der Waals surface area contributed by atoms with Crippen LogP contribution < -0.4 is 4.72 Å². The zero-order valence-electron chi connectivity index (χ0n) is 12.5. The minimum Gasteiger partial charge on any atom is -0.366 e. The van der Waals surface area contributed by atoms with E-state index in [1.807, 2.05) is 19.1 Å². The molecule has 8 heteroatoms. The van der Waals surface area contributed by atoms with Crippen molar-refractivity contribution in [3.05, 3.63) is 59.0 Å². The van der Waals surface area contributed by atoms with Gasteiger partial charge in [0.2, 0.25) is 0 Å². The van der Waals surface area contributed by atoms with Gasteiger partial charge in [-0.3, -0.25) is 4.72 Å². The number of anilines is 1. The lowest BCUT2D eigenvalue weighted by atomic mass is 10.2. The lowest BCUT2D eigenvalue weighted by Crippen LogP contribution is -2.14. The number of aryl methyl sites for hydroxylation is 1. The summed E-state index contributed by atoms with van der Waals surface area (Å²) in [6, 6.07) is 9.10. The zero-order chi connectivity index (χ0) is 17.3. The van der Waals surface area contributed by atoms with Crippen LogP contribution in [0.15, 0.2) is 47.6 Å². The highest BCUT2D eigenvalue weighted by Crippen LogP contribution is 2.33. The Bertz CT molecular complexity index is 1050. The highest BCUT2D eigenvalue weighted by Gasteiger charge is 2.22. The Morgan fingerprint density at radius 3 is 2.67 bits per heavy atom. The van der Waals surface area contributed by atoms with Crippen LogP contribution in [0.5, 0.6) is 0 Å². The fourth-order valence-corrected chi connectivity index (χ4v) is 4.42. The van der Waals surface area contributed by atoms with E-state index in [2.05, 4.69) is 9.71 Å². The molecular weight excluding hydrogens is 349 g/mol. The molecule has 3 aromatic rings. The highest BCUT2D eigenvalue weighted by atomic mass is 32.2. The molecule has 0 fully saturated rings. The van der Waals surface area contributed by atoms with Gasteiger partial charge in [0.15, 0.2) is 0 Å². The van der Waals surface area contributed by atoms with E-state index < -0.39 is 15.8 Å². The normalized spacial score (nSPS) is 11.2. The molecular formula is C16H12FN3O2S2. The number of sulfonamides is 1. The van der Waals surface area contributed by atoms with Gasteiger partial charge < -0.3 is 4.98 Å².